The Morgan fingerprint density at radius 2 is 1.03 bits per heavy atom. The molecule has 1 aromatic carbocycles. The summed E-state index contributed by atoms with van der Waals surface area (Å²) in [6, 6.07) is 8.99. The minimum absolute atomic E-state index is 0.229. The Morgan fingerprint density at radius 1 is 0.639 bits per heavy atom. The van der Waals surface area contributed by atoms with Gasteiger partial charge in [0.1, 0.15) is 13.2 Å². The zero-order valence-corrected chi connectivity index (χ0v) is 24.9. The Bertz CT molecular complexity index is 687. The van der Waals surface area contributed by atoms with Crippen molar-refractivity contribution in [3.8, 4) is 0 Å². The Kier molecular flexibility index (Phi) is 18.8. The third-order valence-electron chi connectivity index (χ3n) is 6.75. The number of hydrogen-bond donors (Lipinski definition) is 1. The molecule has 0 heterocycles. The molecule has 0 aromatic heterocycles. The Hall–Kier alpha value is -0.710. The zero-order chi connectivity index (χ0) is 26.5. The van der Waals surface area contributed by atoms with Crippen LogP contribution in [0.1, 0.15) is 114 Å². The van der Waals surface area contributed by atoms with Gasteiger partial charge in [0.15, 0.2) is 0 Å². The topological polar surface area (TPSA) is 55.8 Å². The summed E-state index contributed by atoms with van der Waals surface area (Å²) in [7, 11) is 2.16. The van der Waals surface area contributed by atoms with Gasteiger partial charge in [-0.3, -0.25) is 9.05 Å². The number of rotatable bonds is 24. The fourth-order valence-corrected chi connectivity index (χ4v) is 5.05. The number of hydrogen-bond acceptors (Lipinski definition) is 3. The van der Waals surface area contributed by atoms with Crippen LogP contribution in [0.3, 0.4) is 0 Å². The molecule has 0 radical (unpaired) electrons. The predicted octanol–water partition coefficient (Wildman–Crippen LogP) is 8.62. The molecule has 1 aromatic rings. The second-order valence-electron chi connectivity index (χ2n) is 11.5. The van der Waals surface area contributed by atoms with E-state index in [0.29, 0.717) is 17.6 Å². The highest BCUT2D eigenvalue weighted by Gasteiger charge is 2.21. The molecular formula is C30H57NO4P+. The van der Waals surface area contributed by atoms with Gasteiger partial charge in [0.2, 0.25) is 0 Å². The molecule has 0 spiro atoms. The first-order valence-corrected chi connectivity index (χ1v) is 16.2. The van der Waals surface area contributed by atoms with Crippen molar-refractivity contribution in [2.45, 2.75) is 116 Å². The molecule has 36 heavy (non-hydrogen) atoms. The minimum atomic E-state index is -3.89. The lowest BCUT2D eigenvalue weighted by molar-refractivity contribution is -0.870. The van der Waals surface area contributed by atoms with Gasteiger partial charge < -0.3 is 9.38 Å². The van der Waals surface area contributed by atoms with Gasteiger partial charge in [0.05, 0.1) is 27.7 Å². The van der Waals surface area contributed by atoms with E-state index >= 15 is 0 Å². The smallest absolute Gasteiger partial charge is 0.329 e. The van der Waals surface area contributed by atoms with Crippen LogP contribution in [0.4, 0.5) is 0 Å². The third kappa shape index (κ3) is 21.4. The molecule has 0 aliphatic carbocycles. The maximum Gasteiger partial charge on any atom is 0.472 e. The second-order valence-corrected chi connectivity index (χ2v) is 13.0. The Morgan fingerprint density at radius 3 is 1.47 bits per heavy atom. The normalized spacial score (nSPS) is 13.7. The molecule has 1 unspecified atom stereocenters. The summed E-state index contributed by atoms with van der Waals surface area (Å²) in [5.41, 5.74) is 2.84. The number of phosphoric ester groups is 1. The minimum Gasteiger partial charge on any atom is -0.329 e. The lowest BCUT2D eigenvalue weighted by Gasteiger charge is -2.24. The summed E-state index contributed by atoms with van der Waals surface area (Å²) in [6.45, 7) is 3.35. The van der Waals surface area contributed by atoms with Crippen LogP contribution in [0.25, 0.3) is 0 Å². The number of aryl methyl sites for hydroxylation is 2. The predicted molar refractivity (Wildman–Crippen MR) is 153 cm³/mol. The molecule has 6 heteroatoms. The van der Waals surface area contributed by atoms with E-state index in [4.69, 9.17) is 9.05 Å². The lowest BCUT2D eigenvalue weighted by Crippen LogP contribution is -2.37. The van der Waals surface area contributed by atoms with E-state index in [0.717, 1.165) is 12.8 Å². The van der Waals surface area contributed by atoms with E-state index in [1.165, 1.54) is 107 Å². The molecule has 0 amide bonds. The summed E-state index contributed by atoms with van der Waals surface area (Å²) < 4.78 is 22.6. The molecule has 1 atom stereocenters. The number of nitrogens with zero attached hydrogens (tertiary/aromatic N) is 1. The fraction of sp³-hybridized carbons (Fsp3) is 0.800. The Labute approximate surface area is 223 Å². The highest BCUT2D eigenvalue weighted by molar-refractivity contribution is 7.47. The van der Waals surface area contributed by atoms with Crippen LogP contribution in [0.15, 0.2) is 24.3 Å². The van der Waals surface area contributed by atoms with Gasteiger partial charge in [-0.25, -0.2) is 4.57 Å². The van der Waals surface area contributed by atoms with Crippen LogP contribution in [0.5, 0.6) is 0 Å². The van der Waals surface area contributed by atoms with E-state index in [2.05, 4.69) is 31.2 Å². The third-order valence-corrected chi connectivity index (χ3v) is 7.77. The van der Waals surface area contributed by atoms with Crippen LogP contribution in [0, 0.1) is 6.92 Å². The van der Waals surface area contributed by atoms with Gasteiger partial charge >= 0.3 is 7.82 Å². The highest BCUT2D eigenvalue weighted by Crippen LogP contribution is 2.43. The van der Waals surface area contributed by atoms with Gasteiger partial charge in [0, 0.05) is 0 Å². The first-order chi connectivity index (χ1) is 17.2. The van der Waals surface area contributed by atoms with Crippen molar-refractivity contribution in [1.29, 1.82) is 0 Å². The number of phosphoric acid groups is 1. The lowest BCUT2D eigenvalue weighted by atomic mass is 10.0. The van der Waals surface area contributed by atoms with E-state index < -0.39 is 7.82 Å². The van der Waals surface area contributed by atoms with Gasteiger partial charge in [-0.05, 0) is 31.7 Å². The molecule has 1 rings (SSSR count). The van der Waals surface area contributed by atoms with Crippen molar-refractivity contribution < 1.29 is 23.0 Å². The standard InChI is InChI=1S/C30H56NO4P/c1-29-22-24-30(25-23-29)21-19-17-15-13-11-9-7-5-6-8-10-12-14-16-18-20-27-34-36(32,33)35-28-26-31(2,3)4/h22-25H,5-21,26-28H2,1-4H3/p+1. The van der Waals surface area contributed by atoms with Gasteiger partial charge in [0.25, 0.3) is 0 Å². The molecular weight excluding hydrogens is 469 g/mol. The van der Waals surface area contributed by atoms with Crippen molar-refractivity contribution in [2.75, 3.05) is 40.9 Å². The maximum atomic E-state index is 11.8. The highest BCUT2D eigenvalue weighted by atomic mass is 31.2. The first-order valence-electron chi connectivity index (χ1n) is 14.7. The molecule has 0 aliphatic heterocycles. The summed E-state index contributed by atoms with van der Waals surface area (Å²) >= 11 is 0. The number of unbranched alkanes of at least 4 members (excludes halogenated alkanes) is 15. The summed E-state index contributed by atoms with van der Waals surface area (Å²) in [5, 5.41) is 0. The van der Waals surface area contributed by atoms with Gasteiger partial charge in [-0.15, -0.1) is 0 Å². The first kappa shape index (κ1) is 33.3. The average molecular weight is 527 g/mol. The Balaban J connectivity index is 1.76. The molecule has 0 aliphatic rings. The molecule has 0 saturated heterocycles. The number of benzene rings is 1. The van der Waals surface area contributed by atoms with E-state index in [-0.39, 0.29) is 6.61 Å². The summed E-state index contributed by atoms with van der Waals surface area (Å²) in [5.74, 6) is 0. The number of quaternary nitrogens is 1. The van der Waals surface area contributed by atoms with Crippen LogP contribution < -0.4 is 0 Å². The molecule has 0 saturated carbocycles. The summed E-state index contributed by atoms with van der Waals surface area (Å²) in [4.78, 5) is 9.69. The van der Waals surface area contributed by atoms with Gasteiger partial charge in [-0.1, -0.05) is 120 Å². The van der Waals surface area contributed by atoms with E-state index in [1.54, 1.807) is 0 Å². The number of likely N-dealkylation sites (N-methyl/N-ethyl adjacent to an activating group) is 1. The van der Waals surface area contributed by atoms with Gasteiger partial charge in [-0.2, -0.15) is 0 Å². The van der Waals surface area contributed by atoms with E-state index in [9.17, 15) is 9.46 Å². The fourth-order valence-electron chi connectivity index (χ4n) is 4.31. The van der Waals surface area contributed by atoms with Crippen molar-refractivity contribution in [3.05, 3.63) is 35.4 Å². The second kappa shape index (κ2) is 20.3. The average Bonchev–Trinajstić information content (AvgIpc) is 2.80. The molecule has 210 valence electrons. The largest absolute Gasteiger partial charge is 0.472 e. The molecule has 0 fully saturated rings. The van der Waals surface area contributed by atoms with Crippen LogP contribution in [0.2, 0.25) is 0 Å². The zero-order valence-electron chi connectivity index (χ0n) is 24.0. The van der Waals surface area contributed by atoms with Crippen LogP contribution >= 0.6 is 7.82 Å². The van der Waals surface area contributed by atoms with E-state index in [1.807, 2.05) is 21.1 Å². The molecule has 0 bridgehead atoms. The monoisotopic (exact) mass is 526 g/mol. The quantitative estimate of drug-likeness (QED) is 0.0832. The molecule has 5 nitrogen and oxygen atoms in total. The maximum absolute atomic E-state index is 11.8. The van der Waals surface area contributed by atoms with Crippen molar-refractivity contribution in [2.24, 2.45) is 0 Å². The van der Waals surface area contributed by atoms with Crippen molar-refractivity contribution in [3.63, 3.8) is 0 Å². The van der Waals surface area contributed by atoms with Crippen LogP contribution in [-0.4, -0.2) is 50.3 Å². The van der Waals surface area contributed by atoms with Crippen molar-refractivity contribution >= 4 is 7.82 Å². The van der Waals surface area contributed by atoms with Crippen LogP contribution in [-0.2, 0) is 20.0 Å². The van der Waals surface area contributed by atoms with Crippen molar-refractivity contribution in [1.82, 2.24) is 0 Å². The summed E-state index contributed by atoms with van der Waals surface area (Å²) in [6.07, 6.45) is 22.0. The SMILES string of the molecule is Cc1ccc(CCCCCCCCCCCCCCCCCCOP(=O)(O)OCC[N+](C)(C)C)cc1. The molecule has 1 N–H and O–H groups in total.